The van der Waals surface area contributed by atoms with Crippen LogP contribution in [0.15, 0.2) is 49.1 Å². The lowest BCUT2D eigenvalue weighted by molar-refractivity contribution is 0.134. The Labute approximate surface area is 174 Å². The first-order valence-corrected chi connectivity index (χ1v) is 9.65. The van der Waals surface area contributed by atoms with E-state index in [1.54, 1.807) is 25.6 Å². The topological polar surface area (TPSA) is 69.4 Å². The molecule has 4 rings (SSSR count). The average molecular weight is 412 g/mol. The van der Waals surface area contributed by atoms with E-state index in [-0.39, 0.29) is 5.60 Å². The van der Waals surface area contributed by atoms with Crippen molar-refractivity contribution in [3.8, 4) is 11.5 Å². The molecule has 0 radical (unpaired) electrons. The molecular weight excluding hydrogens is 390 g/mol. The number of rotatable bonds is 5. The monoisotopic (exact) mass is 411 g/mol. The number of hydrogen-bond donors (Lipinski definition) is 1. The van der Waals surface area contributed by atoms with Gasteiger partial charge in [-0.05, 0) is 49.2 Å². The van der Waals surface area contributed by atoms with E-state index in [1.807, 2.05) is 44.2 Å². The van der Waals surface area contributed by atoms with Gasteiger partial charge in [0.15, 0.2) is 11.5 Å². The molecule has 1 aliphatic rings. The molecule has 7 heteroatoms. The Kier molecular flexibility index (Phi) is 5.06. The number of aliphatic hydroxyl groups is 1. The predicted molar refractivity (Wildman–Crippen MR) is 112 cm³/mol. The van der Waals surface area contributed by atoms with Crippen molar-refractivity contribution in [1.82, 2.24) is 14.8 Å². The zero-order valence-corrected chi connectivity index (χ0v) is 17.2. The summed E-state index contributed by atoms with van der Waals surface area (Å²) >= 11 is 6.33. The quantitative estimate of drug-likeness (QED) is 0.674. The average Bonchev–Trinajstić information content (AvgIpc) is 3.32. The van der Waals surface area contributed by atoms with Gasteiger partial charge in [-0.2, -0.15) is 5.10 Å². The van der Waals surface area contributed by atoms with Crippen LogP contribution in [0.1, 0.15) is 36.6 Å². The van der Waals surface area contributed by atoms with E-state index in [9.17, 15) is 5.11 Å². The molecule has 6 nitrogen and oxygen atoms in total. The number of nitrogens with zero attached hydrogens (tertiary/aromatic N) is 3. The second-order valence-electron chi connectivity index (χ2n) is 7.58. The van der Waals surface area contributed by atoms with Crippen molar-refractivity contribution in [2.75, 3.05) is 7.11 Å². The largest absolute Gasteiger partial charge is 0.493 e. The minimum absolute atomic E-state index is 0.318. The molecule has 0 spiro atoms. The summed E-state index contributed by atoms with van der Waals surface area (Å²) in [5.41, 5.74) is 2.66. The van der Waals surface area contributed by atoms with E-state index in [0.29, 0.717) is 22.0 Å². The lowest BCUT2D eigenvalue weighted by Crippen LogP contribution is -2.24. The van der Waals surface area contributed by atoms with Crippen LogP contribution in [0.2, 0.25) is 5.02 Å². The molecule has 0 aliphatic carbocycles. The van der Waals surface area contributed by atoms with E-state index < -0.39 is 6.10 Å². The van der Waals surface area contributed by atoms with Gasteiger partial charge < -0.3 is 14.6 Å². The molecule has 0 saturated heterocycles. The number of benzene rings is 2. The standard InChI is InChI=1S/C22H22ClN3O3/c1-22(2)11-16-8-15(10-19(28-3)21(16)29-22)20(27)18(26-13-24-12-25-26)9-14-6-4-5-7-17(14)23/h4-10,12-13,20,27H,11H2,1-3H3. The van der Waals surface area contributed by atoms with Crippen LogP contribution in [0.4, 0.5) is 0 Å². The molecule has 150 valence electrons. The molecule has 0 amide bonds. The molecule has 1 aromatic heterocycles. The molecule has 1 unspecified atom stereocenters. The van der Waals surface area contributed by atoms with Gasteiger partial charge >= 0.3 is 0 Å². The second-order valence-corrected chi connectivity index (χ2v) is 7.99. The van der Waals surface area contributed by atoms with Crippen LogP contribution in [0.25, 0.3) is 11.8 Å². The summed E-state index contributed by atoms with van der Waals surface area (Å²) in [4.78, 5) is 4.02. The Hall–Kier alpha value is -2.83. The van der Waals surface area contributed by atoms with Crippen molar-refractivity contribution < 1.29 is 14.6 Å². The van der Waals surface area contributed by atoms with E-state index >= 15 is 0 Å². The molecule has 2 aromatic carbocycles. The van der Waals surface area contributed by atoms with Crippen molar-refractivity contribution >= 4 is 23.4 Å². The van der Waals surface area contributed by atoms with Crippen molar-refractivity contribution in [3.05, 3.63) is 70.8 Å². The van der Waals surface area contributed by atoms with Gasteiger partial charge in [-0.15, -0.1) is 0 Å². The summed E-state index contributed by atoms with van der Waals surface area (Å²) in [5, 5.41) is 16.1. The number of halogens is 1. The van der Waals surface area contributed by atoms with Gasteiger partial charge in [0.05, 0.1) is 12.8 Å². The zero-order chi connectivity index (χ0) is 20.6. The van der Waals surface area contributed by atoms with Crippen LogP contribution in [0.3, 0.4) is 0 Å². The van der Waals surface area contributed by atoms with Gasteiger partial charge in [0, 0.05) is 17.0 Å². The first-order valence-electron chi connectivity index (χ1n) is 9.27. The van der Waals surface area contributed by atoms with Gasteiger partial charge in [0.25, 0.3) is 0 Å². The van der Waals surface area contributed by atoms with Crippen LogP contribution in [-0.2, 0) is 6.42 Å². The fraction of sp³-hybridized carbons (Fsp3) is 0.273. The highest BCUT2D eigenvalue weighted by molar-refractivity contribution is 6.32. The lowest BCUT2D eigenvalue weighted by Gasteiger charge is -2.19. The summed E-state index contributed by atoms with van der Waals surface area (Å²) < 4.78 is 13.1. The maximum atomic E-state index is 11.3. The van der Waals surface area contributed by atoms with Crippen LogP contribution in [-0.4, -0.2) is 32.6 Å². The Balaban J connectivity index is 1.80. The summed E-state index contributed by atoms with van der Waals surface area (Å²) in [6.45, 7) is 4.06. The van der Waals surface area contributed by atoms with Crippen molar-refractivity contribution in [1.29, 1.82) is 0 Å². The molecule has 0 fully saturated rings. The van der Waals surface area contributed by atoms with Crippen LogP contribution >= 0.6 is 11.6 Å². The zero-order valence-electron chi connectivity index (χ0n) is 16.5. The number of methoxy groups -OCH3 is 1. The van der Waals surface area contributed by atoms with Crippen LogP contribution in [0.5, 0.6) is 11.5 Å². The van der Waals surface area contributed by atoms with Crippen molar-refractivity contribution in [3.63, 3.8) is 0 Å². The van der Waals surface area contributed by atoms with E-state index in [0.717, 1.165) is 23.3 Å². The minimum atomic E-state index is -0.976. The normalized spacial score (nSPS) is 16.2. The van der Waals surface area contributed by atoms with Gasteiger partial charge in [-0.25, -0.2) is 9.67 Å². The lowest BCUT2D eigenvalue weighted by atomic mass is 9.97. The molecule has 1 atom stereocenters. The Morgan fingerprint density at radius 3 is 2.83 bits per heavy atom. The highest BCUT2D eigenvalue weighted by atomic mass is 35.5. The molecule has 1 aliphatic heterocycles. The fourth-order valence-electron chi connectivity index (χ4n) is 3.55. The Bertz CT molecular complexity index is 1060. The predicted octanol–water partition coefficient (Wildman–Crippen LogP) is 4.39. The third-order valence-electron chi connectivity index (χ3n) is 4.86. The first kappa shape index (κ1) is 19.5. The van der Waals surface area contributed by atoms with E-state index in [1.165, 1.54) is 11.0 Å². The van der Waals surface area contributed by atoms with E-state index in [2.05, 4.69) is 10.1 Å². The molecule has 0 saturated carbocycles. The molecule has 2 heterocycles. The first-order chi connectivity index (χ1) is 13.9. The molecule has 3 aromatic rings. The third-order valence-corrected chi connectivity index (χ3v) is 5.20. The number of ether oxygens (including phenoxy) is 2. The highest BCUT2D eigenvalue weighted by Gasteiger charge is 2.34. The van der Waals surface area contributed by atoms with E-state index in [4.69, 9.17) is 21.1 Å². The van der Waals surface area contributed by atoms with Crippen LogP contribution in [0, 0.1) is 0 Å². The van der Waals surface area contributed by atoms with Gasteiger partial charge in [0.1, 0.15) is 24.4 Å². The molecule has 0 bridgehead atoms. The summed E-state index contributed by atoms with van der Waals surface area (Å²) in [5.74, 6) is 1.32. The fourth-order valence-corrected chi connectivity index (χ4v) is 3.74. The smallest absolute Gasteiger partial charge is 0.165 e. The number of fused-ring (bicyclic) bond motifs is 1. The third kappa shape index (κ3) is 3.86. The van der Waals surface area contributed by atoms with Crippen molar-refractivity contribution in [2.24, 2.45) is 0 Å². The SMILES string of the molecule is COc1cc(C(O)C(=Cc2ccccc2Cl)n2cncn2)cc2c1OC(C)(C)C2. The molecule has 1 N–H and O–H groups in total. The Morgan fingerprint density at radius 1 is 1.34 bits per heavy atom. The summed E-state index contributed by atoms with van der Waals surface area (Å²) in [6.07, 6.45) is 4.53. The van der Waals surface area contributed by atoms with Crippen molar-refractivity contribution in [2.45, 2.75) is 32.0 Å². The summed E-state index contributed by atoms with van der Waals surface area (Å²) in [7, 11) is 1.60. The number of aromatic nitrogens is 3. The maximum absolute atomic E-state index is 11.3. The molecule has 29 heavy (non-hydrogen) atoms. The maximum Gasteiger partial charge on any atom is 0.165 e. The van der Waals surface area contributed by atoms with Crippen LogP contribution < -0.4 is 9.47 Å². The number of hydrogen-bond acceptors (Lipinski definition) is 5. The second kappa shape index (κ2) is 7.54. The molecular formula is C22H22ClN3O3. The van der Waals surface area contributed by atoms with Gasteiger partial charge in [-0.1, -0.05) is 29.8 Å². The van der Waals surface area contributed by atoms with Gasteiger partial charge in [-0.3, -0.25) is 0 Å². The van der Waals surface area contributed by atoms with Gasteiger partial charge in [0.2, 0.25) is 0 Å². The number of aliphatic hydroxyl groups excluding tert-OH is 1. The highest BCUT2D eigenvalue weighted by Crippen LogP contribution is 2.44. The summed E-state index contributed by atoms with van der Waals surface area (Å²) in [6, 6.07) is 11.2. The Morgan fingerprint density at radius 2 is 2.14 bits per heavy atom. The minimum Gasteiger partial charge on any atom is -0.493 e.